The van der Waals surface area contributed by atoms with Gasteiger partial charge in [0.1, 0.15) is 17.3 Å². The fraction of sp³-hybridized carbons (Fsp3) is 0.154. The minimum Gasteiger partial charge on any atom is -0.357 e. The average molecular weight is 290 g/mol. The maximum absolute atomic E-state index is 14.1. The molecule has 0 unspecified atom stereocenters. The molecule has 0 aliphatic carbocycles. The maximum atomic E-state index is 14.1. The second-order valence-corrected chi connectivity index (χ2v) is 4.46. The molecule has 108 valence electrons. The van der Waals surface area contributed by atoms with Crippen molar-refractivity contribution in [3.8, 4) is 0 Å². The molecule has 0 bridgehead atoms. The number of benzene rings is 1. The molecule has 3 rings (SSSR count). The standard InChI is InChI=1S/C13H12F2N6/c1-6-3-4-8(14)10(9(6)15)18-11-7-5-17-21-12(7)20-13(16-2)19-11/h3-5H,1-2H3,(H3,16,17,18,19,20,21). The highest BCUT2D eigenvalue weighted by Crippen LogP contribution is 2.28. The van der Waals surface area contributed by atoms with Crippen molar-refractivity contribution in [1.82, 2.24) is 20.2 Å². The first kappa shape index (κ1) is 13.2. The molecule has 0 saturated heterocycles. The molecule has 0 aliphatic rings. The molecule has 3 aromatic rings. The number of nitrogens with zero attached hydrogens (tertiary/aromatic N) is 3. The summed E-state index contributed by atoms with van der Waals surface area (Å²) in [6.07, 6.45) is 1.49. The van der Waals surface area contributed by atoms with Crippen LogP contribution in [0.5, 0.6) is 0 Å². The maximum Gasteiger partial charge on any atom is 0.226 e. The van der Waals surface area contributed by atoms with E-state index < -0.39 is 11.6 Å². The SMILES string of the molecule is CNc1nc(Nc2c(F)ccc(C)c2F)c2cn[nH]c2n1. The van der Waals surface area contributed by atoms with E-state index in [1.54, 1.807) is 14.0 Å². The van der Waals surface area contributed by atoms with Crippen LogP contribution in [0.25, 0.3) is 11.0 Å². The quantitative estimate of drug-likeness (QED) is 0.691. The third-order valence-electron chi connectivity index (χ3n) is 3.06. The Morgan fingerprint density at radius 3 is 2.76 bits per heavy atom. The van der Waals surface area contributed by atoms with Gasteiger partial charge in [0.25, 0.3) is 0 Å². The van der Waals surface area contributed by atoms with Crippen molar-refractivity contribution < 1.29 is 8.78 Å². The third kappa shape index (κ3) is 2.24. The normalized spacial score (nSPS) is 10.9. The molecule has 0 spiro atoms. The van der Waals surface area contributed by atoms with E-state index in [9.17, 15) is 8.78 Å². The molecule has 0 atom stereocenters. The van der Waals surface area contributed by atoms with Crippen LogP contribution in [-0.2, 0) is 0 Å². The van der Waals surface area contributed by atoms with Crippen LogP contribution in [0.3, 0.4) is 0 Å². The largest absolute Gasteiger partial charge is 0.357 e. The van der Waals surface area contributed by atoms with E-state index in [4.69, 9.17) is 0 Å². The predicted molar refractivity (Wildman–Crippen MR) is 75.6 cm³/mol. The van der Waals surface area contributed by atoms with Crippen LogP contribution in [0.4, 0.5) is 26.2 Å². The lowest BCUT2D eigenvalue weighted by atomic mass is 10.2. The molecule has 2 heterocycles. The highest BCUT2D eigenvalue weighted by molar-refractivity contribution is 5.89. The summed E-state index contributed by atoms with van der Waals surface area (Å²) in [6, 6.07) is 2.58. The number of hydrogen-bond donors (Lipinski definition) is 3. The van der Waals surface area contributed by atoms with Gasteiger partial charge in [-0.25, -0.2) is 8.78 Å². The van der Waals surface area contributed by atoms with E-state index in [0.29, 0.717) is 22.5 Å². The summed E-state index contributed by atoms with van der Waals surface area (Å²) in [4.78, 5) is 8.32. The van der Waals surface area contributed by atoms with Crippen molar-refractivity contribution >= 4 is 28.5 Å². The van der Waals surface area contributed by atoms with Crippen LogP contribution in [0.15, 0.2) is 18.3 Å². The van der Waals surface area contributed by atoms with Gasteiger partial charge in [0.05, 0.1) is 11.6 Å². The van der Waals surface area contributed by atoms with Gasteiger partial charge in [-0.15, -0.1) is 0 Å². The lowest BCUT2D eigenvalue weighted by Gasteiger charge is -2.11. The van der Waals surface area contributed by atoms with Crippen LogP contribution in [0, 0.1) is 18.6 Å². The first-order valence-electron chi connectivity index (χ1n) is 6.20. The van der Waals surface area contributed by atoms with Gasteiger partial charge in [-0.3, -0.25) is 5.10 Å². The van der Waals surface area contributed by atoms with Crippen molar-refractivity contribution in [3.63, 3.8) is 0 Å². The van der Waals surface area contributed by atoms with Crippen molar-refractivity contribution in [2.24, 2.45) is 0 Å². The van der Waals surface area contributed by atoms with Crippen LogP contribution in [-0.4, -0.2) is 27.2 Å². The van der Waals surface area contributed by atoms with E-state index >= 15 is 0 Å². The smallest absolute Gasteiger partial charge is 0.226 e. The molecule has 2 aromatic heterocycles. The summed E-state index contributed by atoms with van der Waals surface area (Å²) in [5.74, 6) is -0.778. The van der Waals surface area contributed by atoms with Gasteiger partial charge in [0, 0.05) is 7.05 Å². The van der Waals surface area contributed by atoms with Gasteiger partial charge in [0.2, 0.25) is 5.95 Å². The lowest BCUT2D eigenvalue weighted by molar-refractivity contribution is 0.585. The highest BCUT2D eigenvalue weighted by Gasteiger charge is 2.15. The van der Waals surface area contributed by atoms with E-state index in [-0.39, 0.29) is 11.5 Å². The van der Waals surface area contributed by atoms with Gasteiger partial charge < -0.3 is 10.6 Å². The van der Waals surface area contributed by atoms with E-state index in [0.717, 1.165) is 0 Å². The number of anilines is 3. The lowest BCUT2D eigenvalue weighted by Crippen LogP contribution is -2.04. The Morgan fingerprint density at radius 2 is 2.00 bits per heavy atom. The zero-order chi connectivity index (χ0) is 15.0. The van der Waals surface area contributed by atoms with Crippen LogP contribution in [0.1, 0.15) is 5.56 Å². The van der Waals surface area contributed by atoms with Gasteiger partial charge in [-0.05, 0) is 18.6 Å². The minimum absolute atomic E-state index is 0.252. The molecule has 3 N–H and O–H groups in total. The van der Waals surface area contributed by atoms with E-state index in [1.807, 2.05) is 0 Å². The molecule has 8 heteroatoms. The molecule has 1 aromatic carbocycles. The number of rotatable bonds is 3. The third-order valence-corrected chi connectivity index (χ3v) is 3.06. The number of hydrogen-bond acceptors (Lipinski definition) is 5. The van der Waals surface area contributed by atoms with E-state index in [1.165, 1.54) is 18.3 Å². The number of H-pyrrole nitrogens is 1. The molecule has 21 heavy (non-hydrogen) atoms. The fourth-order valence-electron chi connectivity index (χ4n) is 1.93. The van der Waals surface area contributed by atoms with Gasteiger partial charge >= 0.3 is 0 Å². The summed E-state index contributed by atoms with van der Waals surface area (Å²) < 4.78 is 27.9. The van der Waals surface area contributed by atoms with Crippen molar-refractivity contribution in [2.75, 3.05) is 17.7 Å². The summed E-state index contributed by atoms with van der Waals surface area (Å²) in [7, 11) is 1.65. The number of aromatic amines is 1. The van der Waals surface area contributed by atoms with Gasteiger partial charge in [-0.1, -0.05) is 6.07 Å². The molecule has 0 amide bonds. The molecule has 6 nitrogen and oxygen atoms in total. The highest BCUT2D eigenvalue weighted by atomic mass is 19.1. The van der Waals surface area contributed by atoms with Crippen molar-refractivity contribution in [3.05, 3.63) is 35.5 Å². The topological polar surface area (TPSA) is 78.5 Å². The van der Waals surface area contributed by atoms with Crippen LogP contribution in [0.2, 0.25) is 0 Å². The Bertz CT molecular complexity index is 814. The molecule has 0 aliphatic heterocycles. The monoisotopic (exact) mass is 290 g/mol. The zero-order valence-corrected chi connectivity index (χ0v) is 11.3. The molecule has 0 saturated carbocycles. The molecule has 0 fully saturated rings. The first-order valence-corrected chi connectivity index (χ1v) is 6.20. The minimum atomic E-state index is -0.695. The average Bonchev–Trinajstić information content (AvgIpc) is 2.95. The first-order chi connectivity index (χ1) is 10.1. The Balaban J connectivity index is 2.14. The molecular weight excluding hydrogens is 278 g/mol. The van der Waals surface area contributed by atoms with E-state index in [2.05, 4.69) is 30.8 Å². The Morgan fingerprint density at radius 1 is 1.19 bits per heavy atom. The summed E-state index contributed by atoms with van der Waals surface area (Å²) >= 11 is 0. The van der Waals surface area contributed by atoms with Gasteiger partial charge in [-0.2, -0.15) is 15.1 Å². The summed E-state index contributed by atoms with van der Waals surface area (Å²) in [5, 5.41) is 12.5. The second kappa shape index (κ2) is 4.97. The van der Waals surface area contributed by atoms with Crippen molar-refractivity contribution in [2.45, 2.75) is 6.92 Å². The molecule has 0 radical (unpaired) electrons. The number of halogens is 2. The Labute approximate surface area is 118 Å². The summed E-state index contributed by atoms with van der Waals surface area (Å²) in [5.41, 5.74) is 0.550. The Kier molecular flexibility index (Phi) is 3.13. The fourth-order valence-corrected chi connectivity index (χ4v) is 1.93. The van der Waals surface area contributed by atoms with Crippen molar-refractivity contribution in [1.29, 1.82) is 0 Å². The molecular formula is C13H12F2N6. The zero-order valence-electron chi connectivity index (χ0n) is 11.3. The number of nitrogens with one attached hydrogen (secondary N) is 3. The van der Waals surface area contributed by atoms with Gasteiger partial charge in [0.15, 0.2) is 11.5 Å². The summed E-state index contributed by atoms with van der Waals surface area (Å²) in [6.45, 7) is 1.56. The number of aromatic nitrogens is 4. The van der Waals surface area contributed by atoms with Crippen LogP contribution < -0.4 is 10.6 Å². The Hall–Kier alpha value is -2.77. The second-order valence-electron chi connectivity index (χ2n) is 4.46. The number of aryl methyl sites for hydroxylation is 1. The van der Waals surface area contributed by atoms with Crippen LogP contribution >= 0.6 is 0 Å². The predicted octanol–water partition coefficient (Wildman–Crippen LogP) is 2.72. The number of fused-ring (bicyclic) bond motifs is 1.